The first-order chi connectivity index (χ1) is 9.63. The molecule has 2 aromatic rings. The van der Waals surface area contributed by atoms with Gasteiger partial charge in [0.15, 0.2) is 3.77 Å². The van der Waals surface area contributed by atoms with E-state index in [4.69, 9.17) is 4.42 Å². The normalized spacial score (nSPS) is 10.7. The van der Waals surface area contributed by atoms with Crippen LogP contribution in [-0.4, -0.2) is 18.7 Å². The zero-order chi connectivity index (χ0) is 14.4. The smallest absolute Gasteiger partial charge is 0.259 e. The van der Waals surface area contributed by atoms with E-state index in [-0.39, 0.29) is 12.5 Å². The molecule has 0 unspecified atom stereocenters. The minimum Gasteiger partial charge on any atom is -0.449 e. The minimum absolute atomic E-state index is 0.163. The maximum absolute atomic E-state index is 11.6. The number of rotatable bonds is 5. The second-order valence-electron chi connectivity index (χ2n) is 4.16. The highest BCUT2D eigenvalue weighted by atomic mass is 127. The van der Waals surface area contributed by atoms with Crippen LogP contribution in [0, 0.1) is 10.7 Å². The maximum Gasteiger partial charge on any atom is 0.259 e. The lowest BCUT2D eigenvalue weighted by Crippen LogP contribution is -2.25. The van der Waals surface area contributed by atoms with Crippen LogP contribution in [-0.2, 0) is 4.79 Å². The third-order valence-electron chi connectivity index (χ3n) is 2.45. The number of aryl methyl sites for hydroxylation is 1. The number of nitrogens with one attached hydrogen (secondary N) is 2. The summed E-state index contributed by atoms with van der Waals surface area (Å²) in [7, 11) is 0. The van der Waals surface area contributed by atoms with Crippen molar-refractivity contribution in [2.24, 2.45) is 5.10 Å². The van der Waals surface area contributed by atoms with Gasteiger partial charge < -0.3 is 9.73 Å². The standard InChI is InChI=1S/C14H14IN3O2/c1-10-3-2-4-11(7-10)16-9-14(19)18-17-8-12-5-6-13(15)20-12/h2-8,16H,9H2,1H3,(H,18,19)/b17-8+. The van der Waals surface area contributed by atoms with Crippen molar-refractivity contribution < 1.29 is 9.21 Å². The number of anilines is 1. The van der Waals surface area contributed by atoms with Crippen molar-refractivity contribution in [1.29, 1.82) is 0 Å². The number of benzene rings is 1. The van der Waals surface area contributed by atoms with Crippen molar-refractivity contribution in [1.82, 2.24) is 5.43 Å². The van der Waals surface area contributed by atoms with Gasteiger partial charge in [0.25, 0.3) is 5.91 Å². The minimum atomic E-state index is -0.219. The van der Waals surface area contributed by atoms with Gasteiger partial charge in [-0.3, -0.25) is 4.79 Å². The van der Waals surface area contributed by atoms with E-state index < -0.39 is 0 Å². The molecule has 1 aromatic heterocycles. The fourth-order valence-corrected chi connectivity index (χ4v) is 1.98. The molecule has 0 saturated carbocycles. The molecule has 2 N–H and O–H groups in total. The molecule has 0 radical (unpaired) electrons. The quantitative estimate of drug-likeness (QED) is 0.474. The Bertz CT molecular complexity index is 622. The van der Waals surface area contributed by atoms with Crippen LogP contribution < -0.4 is 10.7 Å². The second-order valence-corrected chi connectivity index (χ2v) is 5.22. The molecule has 0 aliphatic heterocycles. The maximum atomic E-state index is 11.6. The summed E-state index contributed by atoms with van der Waals surface area (Å²) in [6.45, 7) is 2.16. The Hall–Kier alpha value is -1.83. The van der Waals surface area contributed by atoms with Crippen LogP contribution in [0.4, 0.5) is 5.69 Å². The van der Waals surface area contributed by atoms with Crippen molar-refractivity contribution >= 4 is 40.4 Å². The predicted octanol–water partition coefficient (Wildman–Crippen LogP) is 2.75. The van der Waals surface area contributed by atoms with Crippen molar-refractivity contribution in [3.63, 3.8) is 0 Å². The Morgan fingerprint density at radius 3 is 2.95 bits per heavy atom. The number of amides is 1. The van der Waals surface area contributed by atoms with Gasteiger partial charge in [0, 0.05) is 5.69 Å². The lowest BCUT2D eigenvalue weighted by Gasteiger charge is -2.05. The Morgan fingerprint density at radius 1 is 1.40 bits per heavy atom. The summed E-state index contributed by atoms with van der Waals surface area (Å²) in [5.41, 5.74) is 4.48. The molecule has 0 atom stereocenters. The first-order valence-corrected chi connectivity index (χ1v) is 7.09. The van der Waals surface area contributed by atoms with Crippen LogP contribution in [0.5, 0.6) is 0 Å². The van der Waals surface area contributed by atoms with Gasteiger partial charge in [-0.2, -0.15) is 5.10 Å². The number of hydrogen-bond acceptors (Lipinski definition) is 4. The zero-order valence-electron chi connectivity index (χ0n) is 10.9. The van der Waals surface area contributed by atoms with Crippen LogP contribution in [0.1, 0.15) is 11.3 Å². The average Bonchev–Trinajstić information content (AvgIpc) is 2.82. The van der Waals surface area contributed by atoms with Gasteiger partial charge in [-0.1, -0.05) is 12.1 Å². The molecule has 104 valence electrons. The molecular weight excluding hydrogens is 369 g/mol. The fraction of sp³-hybridized carbons (Fsp3) is 0.143. The molecule has 0 spiro atoms. The van der Waals surface area contributed by atoms with Crippen molar-refractivity contribution in [2.45, 2.75) is 6.92 Å². The van der Waals surface area contributed by atoms with E-state index in [0.29, 0.717) is 5.76 Å². The summed E-state index contributed by atoms with van der Waals surface area (Å²) in [5.74, 6) is 0.380. The Labute approximate surface area is 130 Å². The van der Waals surface area contributed by atoms with E-state index in [1.165, 1.54) is 6.21 Å². The molecule has 2 rings (SSSR count). The molecular formula is C14H14IN3O2. The number of carbonyl (C=O) groups excluding carboxylic acids is 1. The van der Waals surface area contributed by atoms with E-state index in [2.05, 4.69) is 38.4 Å². The topological polar surface area (TPSA) is 66.6 Å². The largest absolute Gasteiger partial charge is 0.449 e. The lowest BCUT2D eigenvalue weighted by molar-refractivity contribution is -0.119. The van der Waals surface area contributed by atoms with Crippen LogP contribution in [0.2, 0.25) is 0 Å². The van der Waals surface area contributed by atoms with Crippen LogP contribution in [0.25, 0.3) is 0 Å². The zero-order valence-corrected chi connectivity index (χ0v) is 13.0. The fourth-order valence-electron chi connectivity index (χ4n) is 1.54. The SMILES string of the molecule is Cc1cccc(NCC(=O)N/N=C/c2ccc(I)o2)c1. The molecule has 0 fully saturated rings. The van der Waals surface area contributed by atoms with Crippen molar-refractivity contribution in [2.75, 3.05) is 11.9 Å². The molecule has 1 amide bonds. The molecule has 5 nitrogen and oxygen atoms in total. The molecule has 0 aliphatic carbocycles. The first-order valence-electron chi connectivity index (χ1n) is 6.01. The van der Waals surface area contributed by atoms with Crippen molar-refractivity contribution in [3.05, 3.63) is 51.5 Å². The van der Waals surface area contributed by atoms with E-state index in [1.807, 2.05) is 37.3 Å². The number of hydrazone groups is 1. The monoisotopic (exact) mass is 383 g/mol. The van der Waals surface area contributed by atoms with E-state index >= 15 is 0 Å². The summed E-state index contributed by atoms with van der Waals surface area (Å²) in [6, 6.07) is 11.4. The van der Waals surface area contributed by atoms with Gasteiger partial charge in [0.1, 0.15) is 5.76 Å². The van der Waals surface area contributed by atoms with Gasteiger partial charge in [0.05, 0.1) is 12.8 Å². The number of furan rings is 1. The molecule has 1 aromatic carbocycles. The summed E-state index contributed by atoms with van der Waals surface area (Å²) < 4.78 is 6.05. The van der Waals surface area contributed by atoms with Gasteiger partial charge in [-0.05, 0) is 59.3 Å². The summed E-state index contributed by atoms with van der Waals surface area (Å²) in [5, 5.41) is 6.85. The number of halogens is 1. The third kappa shape index (κ3) is 4.69. The number of carbonyl (C=O) groups is 1. The Morgan fingerprint density at radius 2 is 2.25 bits per heavy atom. The second kappa shape index (κ2) is 7.09. The van der Waals surface area contributed by atoms with Gasteiger partial charge in [0.2, 0.25) is 0 Å². The molecule has 1 heterocycles. The van der Waals surface area contributed by atoms with Gasteiger partial charge in [-0.15, -0.1) is 0 Å². The van der Waals surface area contributed by atoms with E-state index in [0.717, 1.165) is 15.0 Å². The van der Waals surface area contributed by atoms with Gasteiger partial charge >= 0.3 is 0 Å². The summed E-state index contributed by atoms with van der Waals surface area (Å²) in [4.78, 5) is 11.6. The Kier molecular flexibility index (Phi) is 5.16. The van der Waals surface area contributed by atoms with E-state index in [9.17, 15) is 4.79 Å². The van der Waals surface area contributed by atoms with Crippen LogP contribution in [0.3, 0.4) is 0 Å². The molecule has 0 saturated heterocycles. The summed E-state index contributed by atoms with van der Waals surface area (Å²) in [6.07, 6.45) is 1.47. The molecule has 6 heteroatoms. The Balaban J connectivity index is 1.77. The first kappa shape index (κ1) is 14.6. The van der Waals surface area contributed by atoms with Crippen LogP contribution >= 0.6 is 22.6 Å². The molecule has 0 aliphatic rings. The third-order valence-corrected chi connectivity index (χ3v) is 3.03. The van der Waals surface area contributed by atoms with Crippen LogP contribution in [0.15, 0.2) is 45.9 Å². The van der Waals surface area contributed by atoms with E-state index in [1.54, 1.807) is 6.07 Å². The van der Waals surface area contributed by atoms with Gasteiger partial charge in [-0.25, -0.2) is 5.43 Å². The van der Waals surface area contributed by atoms with Crippen molar-refractivity contribution in [3.8, 4) is 0 Å². The average molecular weight is 383 g/mol. The molecule has 0 bridgehead atoms. The highest BCUT2D eigenvalue weighted by molar-refractivity contribution is 14.1. The predicted molar refractivity (Wildman–Crippen MR) is 86.8 cm³/mol. The molecule has 20 heavy (non-hydrogen) atoms. The summed E-state index contributed by atoms with van der Waals surface area (Å²) >= 11 is 2.06. The number of nitrogens with zero attached hydrogens (tertiary/aromatic N) is 1. The highest BCUT2D eigenvalue weighted by Gasteiger charge is 2.00. The lowest BCUT2D eigenvalue weighted by atomic mass is 10.2. The number of hydrogen-bond donors (Lipinski definition) is 2. The highest BCUT2D eigenvalue weighted by Crippen LogP contribution is 2.09.